The summed E-state index contributed by atoms with van der Waals surface area (Å²) >= 11 is 3.17. The van der Waals surface area contributed by atoms with Gasteiger partial charge in [-0.1, -0.05) is 26.2 Å². The van der Waals surface area contributed by atoms with E-state index in [4.69, 9.17) is 10.5 Å². The monoisotopic (exact) mass is 303 g/mol. The van der Waals surface area contributed by atoms with Crippen LogP contribution in [0.2, 0.25) is 0 Å². The van der Waals surface area contributed by atoms with Gasteiger partial charge in [-0.3, -0.25) is 0 Å². The molecule has 0 bridgehead atoms. The lowest BCUT2D eigenvalue weighted by atomic mass is 10.0. The van der Waals surface area contributed by atoms with E-state index >= 15 is 0 Å². The van der Waals surface area contributed by atoms with Crippen molar-refractivity contribution in [1.29, 1.82) is 0 Å². The van der Waals surface area contributed by atoms with Crippen molar-refractivity contribution in [1.82, 2.24) is 0 Å². The van der Waals surface area contributed by atoms with Gasteiger partial charge in [-0.25, -0.2) is 4.39 Å². The molecule has 0 amide bonds. The van der Waals surface area contributed by atoms with Crippen molar-refractivity contribution in [3.8, 4) is 5.75 Å². The van der Waals surface area contributed by atoms with Crippen LogP contribution in [0.25, 0.3) is 0 Å². The normalized spacial score (nSPS) is 12.5. The third-order valence-corrected chi connectivity index (χ3v) is 3.40. The molecule has 0 saturated heterocycles. The predicted octanol–water partition coefficient (Wildman–Crippen LogP) is 4.18. The molecule has 0 aliphatic heterocycles. The van der Waals surface area contributed by atoms with Gasteiger partial charge in [-0.2, -0.15) is 0 Å². The average Bonchev–Trinajstić information content (AvgIpc) is 2.32. The van der Waals surface area contributed by atoms with Crippen LogP contribution in [0.5, 0.6) is 5.75 Å². The van der Waals surface area contributed by atoms with Crippen molar-refractivity contribution in [3.05, 3.63) is 28.0 Å². The number of nitrogens with two attached hydrogens (primary N) is 1. The van der Waals surface area contributed by atoms with Crippen LogP contribution in [0.3, 0.4) is 0 Å². The Bertz CT molecular complexity index is 371. The van der Waals surface area contributed by atoms with Crippen LogP contribution in [0, 0.1) is 5.82 Å². The van der Waals surface area contributed by atoms with Crippen molar-refractivity contribution >= 4 is 15.9 Å². The summed E-state index contributed by atoms with van der Waals surface area (Å²) in [6, 6.07) is 2.98. The molecule has 0 radical (unpaired) electrons. The maximum atomic E-state index is 13.3. The van der Waals surface area contributed by atoms with Gasteiger partial charge < -0.3 is 10.5 Å². The molecule has 0 spiro atoms. The Morgan fingerprint density at radius 3 is 2.71 bits per heavy atom. The minimum atomic E-state index is -0.327. The van der Waals surface area contributed by atoms with E-state index in [-0.39, 0.29) is 11.9 Å². The van der Waals surface area contributed by atoms with Crippen LogP contribution < -0.4 is 10.5 Å². The Hall–Kier alpha value is -0.610. The quantitative estimate of drug-likeness (QED) is 0.800. The highest BCUT2D eigenvalue weighted by molar-refractivity contribution is 9.10. The van der Waals surface area contributed by atoms with Crippen LogP contribution in [0.15, 0.2) is 16.6 Å². The summed E-state index contributed by atoms with van der Waals surface area (Å²) in [5.41, 5.74) is 6.97. The molecule has 1 aromatic rings. The summed E-state index contributed by atoms with van der Waals surface area (Å²) in [7, 11) is 1.53. The van der Waals surface area contributed by atoms with Crippen LogP contribution in [-0.4, -0.2) is 7.11 Å². The highest BCUT2D eigenvalue weighted by atomic mass is 79.9. The van der Waals surface area contributed by atoms with Crippen molar-refractivity contribution in [2.45, 2.75) is 38.6 Å². The lowest BCUT2D eigenvalue weighted by molar-refractivity contribution is 0.399. The van der Waals surface area contributed by atoms with Gasteiger partial charge in [0.05, 0.1) is 11.6 Å². The fourth-order valence-corrected chi connectivity index (χ4v) is 2.14. The first kappa shape index (κ1) is 14.5. The Morgan fingerprint density at radius 1 is 1.41 bits per heavy atom. The molecule has 0 aliphatic carbocycles. The fraction of sp³-hybridized carbons (Fsp3) is 0.538. The van der Waals surface area contributed by atoms with E-state index in [0.717, 1.165) is 24.8 Å². The third kappa shape index (κ3) is 3.96. The molecule has 0 fully saturated rings. The highest BCUT2D eigenvalue weighted by Crippen LogP contribution is 2.31. The van der Waals surface area contributed by atoms with Gasteiger partial charge in [0.2, 0.25) is 0 Å². The molecular formula is C13H19BrFNO. The van der Waals surface area contributed by atoms with E-state index < -0.39 is 0 Å². The van der Waals surface area contributed by atoms with E-state index in [1.165, 1.54) is 19.6 Å². The Balaban J connectivity index is 2.84. The molecule has 1 atom stereocenters. The van der Waals surface area contributed by atoms with Gasteiger partial charge in [0.25, 0.3) is 0 Å². The lowest BCUT2D eigenvalue weighted by Crippen LogP contribution is -2.12. The lowest BCUT2D eigenvalue weighted by Gasteiger charge is -2.16. The number of hydrogen-bond donors (Lipinski definition) is 1. The van der Waals surface area contributed by atoms with Crippen LogP contribution >= 0.6 is 15.9 Å². The van der Waals surface area contributed by atoms with E-state index in [0.29, 0.717) is 10.2 Å². The number of ether oxygens (including phenoxy) is 1. The van der Waals surface area contributed by atoms with E-state index in [1.54, 1.807) is 6.07 Å². The van der Waals surface area contributed by atoms with Crippen LogP contribution in [0.1, 0.15) is 44.2 Å². The summed E-state index contributed by atoms with van der Waals surface area (Å²) in [6.45, 7) is 2.15. The molecule has 17 heavy (non-hydrogen) atoms. The number of halogens is 2. The summed E-state index contributed by atoms with van der Waals surface area (Å²) in [4.78, 5) is 0. The molecule has 96 valence electrons. The first-order valence-electron chi connectivity index (χ1n) is 5.88. The Morgan fingerprint density at radius 2 is 2.12 bits per heavy atom. The smallest absolute Gasteiger partial charge is 0.141 e. The molecule has 0 saturated carbocycles. The summed E-state index contributed by atoms with van der Waals surface area (Å²) in [5.74, 6) is 0.195. The van der Waals surface area contributed by atoms with Gasteiger partial charge in [0.1, 0.15) is 11.6 Å². The second-order valence-electron chi connectivity index (χ2n) is 4.11. The van der Waals surface area contributed by atoms with Crippen molar-refractivity contribution < 1.29 is 9.13 Å². The molecule has 0 aliphatic rings. The molecule has 2 nitrogen and oxygen atoms in total. The van der Waals surface area contributed by atoms with Crippen molar-refractivity contribution in [2.24, 2.45) is 5.73 Å². The van der Waals surface area contributed by atoms with Gasteiger partial charge in [-0.05, 0) is 28.4 Å². The first-order chi connectivity index (χ1) is 8.10. The molecule has 4 heteroatoms. The second kappa shape index (κ2) is 6.97. The summed E-state index contributed by atoms with van der Waals surface area (Å²) in [6.07, 6.45) is 4.30. The third-order valence-electron chi connectivity index (χ3n) is 2.79. The Kier molecular flexibility index (Phi) is 5.92. The fourth-order valence-electron chi connectivity index (χ4n) is 1.78. The van der Waals surface area contributed by atoms with E-state index in [2.05, 4.69) is 22.9 Å². The first-order valence-corrected chi connectivity index (χ1v) is 6.68. The predicted molar refractivity (Wildman–Crippen MR) is 71.7 cm³/mol. The van der Waals surface area contributed by atoms with Crippen molar-refractivity contribution in [2.75, 3.05) is 7.11 Å². The molecule has 1 rings (SSSR count). The van der Waals surface area contributed by atoms with E-state index in [1.807, 2.05) is 0 Å². The SMILES string of the molecule is CCCCCC(N)c1cc(Br)c(F)cc1OC. The molecule has 1 aromatic carbocycles. The molecule has 0 heterocycles. The van der Waals surface area contributed by atoms with Crippen molar-refractivity contribution in [3.63, 3.8) is 0 Å². The zero-order chi connectivity index (χ0) is 12.8. The Labute approximate surface area is 110 Å². The molecule has 2 N–H and O–H groups in total. The van der Waals surface area contributed by atoms with Gasteiger partial charge in [0.15, 0.2) is 0 Å². The maximum Gasteiger partial charge on any atom is 0.141 e. The number of unbranched alkanes of at least 4 members (excludes halogenated alkanes) is 2. The minimum Gasteiger partial charge on any atom is -0.496 e. The standard InChI is InChI=1S/C13H19BrFNO/c1-3-4-5-6-12(16)9-7-10(14)11(15)8-13(9)17-2/h7-8,12H,3-6,16H2,1-2H3. The molecular weight excluding hydrogens is 285 g/mol. The molecule has 0 aromatic heterocycles. The number of methoxy groups -OCH3 is 1. The topological polar surface area (TPSA) is 35.2 Å². The summed E-state index contributed by atoms with van der Waals surface area (Å²) < 4.78 is 18.9. The van der Waals surface area contributed by atoms with Crippen LogP contribution in [0.4, 0.5) is 4.39 Å². The zero-order valence-electron chi connectivity index (χ0n) is 10.3. The maximum absolute atomic E-state index is 13.3. The van der Waals surface area contributed by atoms with E-state index in [9.17, 15) is 4.39 Å². The van der Waals surface area contributed by atoms with Gasteiger partial charge in [0, 0.05) is 17.7 Å². The van der Waals surface area contributed by atoms with Crippen LogP contribution in [-0.2, 0) is 0 Å². The largest absolute Gasteiger partial charge is 0.496 e. The average molecular weight is 304 g/mol. The number of rotatable bonds is 6. The zero-order valence-corrected chi connectivity index (χ0v) is 11.9. The highest BCUT2D eigenvalue weighted by Gasteiger charge is 2.14. The number of benzene rings is 1. The van der Waals surface area contributed by atoms with Gasteiger partial charge in [-0.15, -0.1) is 0 Å². The minimum absolute atomic E-state index is 0.103. The number of hydrogen-bond acceptors (Lipinski definition) is 2. The molecule has 1 unspecified atom stereocenters. The van der Waals surface area contributed by atoms with Gasteiger partial charge >= 0.3 is 0 Å². The second-order valence-corrected chi connectivity index (χ2v) is 4.96. The summed E-state index contributed by atoms with van der Waals surface area (Å²) in [5, 5.41) is 0.